The number of hydrogen-bond acceptors (Lipinski definition) is 1. The van der Waals surface area contributed by atoms with E-state index >= 15 is 0 Å². The van der Waals surface area contributed by atoms with Gasteiger partial charge in [0.1, 0.15) is 0 Å². The lowest BCUT2D eigenvalue weighted by Gasteiger charge is -2.05. The van der Waals surface area contributed by atoms with Crippen LogP contribution in [0, 0.1) is 11.3 Å². The molecule has 0 N–H and O–H groups in total. The summed E-state index contributed by atoms with van der Waals surface area (Å²) in [6, 6.07) is 8.14. The largest absolute Gasteiger partial charge is 0.192 e. The van der Waals surface area contributed by atoms with Gasteiger partial charge in [0.2, 0.25) is 0 Å². The molecule has 14 heavy (non-hydrogen) atoms. The molecule has 0 heterocycles. The summed E-state index contributed by atoms with van der Waals surface area (Å²) in [7, 11) is 0. The van der Waals surface area contributed by atoms with E-state index < -0.39 is 0 Å². The van der Waals surface area contributed by atoms with E-state index in [-0.39, 0.29) is 0 Å². The van der Waals surface area contributed by atoms with Gasteiger partial charge in [-0.2, -0.15) is 5.26 Å². The molecule has 0 atom stereocenters. The highest BCUT2D eigenvalue weighted by Crippen LogP contribution is 2.15. The Morgan fingerprint density at radius 3 is 2.00 bits per heavy atom. The summed E-state index contributed by atoms with van der Waals surface area (Å²) in [5.74, 6) is 0. The molecule has 0 aliphatic heterocycles. The molecule has 1 nitrogen and oxygen atoms in total. The Morgan fingerprint density at radius 2 is 1.64 bits per heavy atom. The summed E-state index contributed by atoms with van der Waals surface area (Å²) in [5, 5.41) is 9.03. The number of rotatable bonds is 4. The van der Waals surface area contributed by atoms with Crippen molar-refractivity contribution in [3.05, 3.63) is 60.2 Å². The molecule has 1 heteroatoms. The molecular weight excluding hydrogens is 170 g/mol. The van der Waals surface area contributed by atoms with Crippen molar-refractivity contribution >= 4 is 0 Å². The Morgan fingerprint density at radius 1 is 1.14 bits per heavy atom. The molecule has 1 aromatic carbocycles. The van der Waals surface area contributed by atoms with Crippen LogP contribution in [0.4, 0.5) is 0 Å². The van der Waals surface area contributed by atoms with Gasteiger partial charge in [0.05, 0.1) is 11.6 Å². The van der Waals surface area contributed by atoms with E-state index in [4.69, 9.17) is 5.26 Å². The molecule has 1 rings (SSSR count). The number of nitrogens with zero attached hydrogens (tertiary/aromatic N) is 1. The lowest BCUT2D eigenvalue weighted by molar-refractivity contribution is 1.18. The molecule has 0 bridgehead atoms. The number of benzene rings is 1. The normalized spacial score (nSPS) is 9.07. The number of allylic oxidation sites excluding steroid dienone is 2. The summed E-state index contributed by atoms with van der Waals surface area (Å²) in [6.45, 7) is 7.35. The van der Waals surface area contributed by atoms with Gasteiger partial charge in [-0.25, -0.2) is 0 Å². The maximum atomic E-state index is 9.03. The van der Waals surface area contributed by atoms with E-state index in [2.05, 4.69) is 19.2 Å². The summed E-state index contributed by atoms with van der Waals surface area (Å²) in [5.41, 5.74) is 2.86. The monoisotopic (exact) mass is 183 g/mol. The minimum absolute atomic E-state index is 0.744. The van der Waals surface area contributed by atoms with E-state index in [1.54, 1.807) is 0 Å². The van der Waals surface area contributed by atoms with Gasteiger partial charge in [-0.1, -0.05) is 30.4 Å². The molecular formula is C13H13N. The Kier molecular flexibility index (Phi) is 3.69. The Labute approximate surface area is 85.0 Å². The van der Waals surface area contributed by atoms with Crippen molar-refractivity contribution in [1.29, 1.82) is 5.26 Å². The highest BCUT2D eigenvalue weighted by molar-refractivity contribution is 5.45. The van der Waals surface area contributed by atoms with E-state index in [0.29, 0.717) is 0 Å². The number of nitriles is 1. The molecule has 0 radical (unpaired) electrons. The van der Waals surface area contributed by atoms with Crippen LogP contribution in [0.1, 0.15) is 16.7 Å². The average molecular weight is 183 g/mol. The maximum absolute atomic E-state index is 9.03. The van der Waals surface area contributed by atoms with Crippen LogP contribution in [-0.4, -0.2) is 0 Å². The zero-order valence-corrected chi connectivity index (χ0v) is 8.16. The second kappa shape index (κ2) is 5.04. The van der Waals surface area contributed by atoms with Gasteiger partial charge < -0.3 is 0 Å². The van der Waals surface area contributed by atoms with Crippen molar-refractivity contribution in [3.63, 3.8) is 0 Å². The predicted molar refractivity (Wildman–Crippen MR) is 59.0 cm³/mol. The van der Waals surface area contributed by atoms with Crippen LogP contribution in [-0.2, 0) is 12.8 Å². The van der Waals surface area contributed by atoms with Crippen LogP contribution in [0.3, 0.4) is 0 Å². The van der Waals surface area contributed by atoms with Crippen LogP contribution in [0.5, 0.6) is 0 Å². The lowest BCUT2D eigenvalue weighted by Crippen LogP contribution is -1.94. The van der Waals surface area contributed by atoms with E-state index in [1.807, 2.05) is 30.4 Å². The van der Waals surface area contributed by atoms with Gasteiger partial charge in [-0.3, -0.25) is 0 Å². The minimum atomic E-state index is 0.744. The van der Waals surface area contributed by atoms with Crippen LogP contribution >= 0.6 is 0 Å². The third-order valence-corrected chi connectivity index (χ3v) is 2.08. The zero-order valence-electron chi connectivity index (χ0n) is 8.16. The second-order valence-electron chi connectivity index (χ2n) is 3.05. The first-order valence-corrected chi connectivity index (χ1v) is 4.56. The van der Waals surface area contributed by atoms with Gasteiger partial charge in [0.15, 0.2) is 0 Å². The smallest absolute Gasteiger partial charge is 0.0997 e. The van der Waals surface area contributed by atoms with Crippen molar-refractivity contribution in [2.24, 2.45) is 0 Å². The second-order valence-corrected chi connectivity index (χ2v) is 3.05. The van der Waals surface area contributed by atoms with Crippen LogP contribution in [0.25, 0.3) is 0 Å². The van der Waals surface area contributed by atoms with Crippen molar-refractivity contribution in [1.82, 2.24) is 0 Å². The first-order chi connectivity index (χ1) is 6.83. The molecule has 70 valence electrons. The third kappa shape index (κ3) is 2.11. The Bertz CT molecular complexity index is 354. The summed E-state index contributed by atoms with van der Waals surface area (Å²) in [6.07, 6.45) is 5.11. The SMILES string of the molecule is C=CCc1cccc(CC=C)c1C#N. The van der Waals surface area contributed by atoms with Gasteiger partial charge in [-0.05, 0) is 24.0 Å². The molecule has 0 unspecified atom stereocenters. The standard InChI is InChI=1S/C13H13N/c1-3-6-11-8-5-9-12(7-4-2)13(11)10-14/h3-5,8-9H,1-2,6-7H2. The average Bonchev–Trinajstić information content (AvgIpc) is 2.19. The highest BCUT2D eigenvalue weighted by atomic mass is 14.3. The van der Waals surface area contributed by atoms with Crippen LogP contribution < -0.4 is 0 Å². The third-order valence-electron chi connectivity index (χ3n) is 2.08. The van der Waals surface area contributed by atoms with Crippen molar-refractivity contribution in [3.8, 4) is 6.07 Å². The lowest BCUT2D eigenvalue weighted by atomic mass is 9.98. The molecule has 0 amide bonds. The highest BCUT2D eigenvalue weighted by Gasteiger charge is 2.04. The van der Waals surface area contributed by atoms with E-state index in [1.165, 1.54) is 0 Å². The first kappa shape index (κ1) is 10.3. The van der Waals surface area contributed by atoms with Gasteiger partial charge in [-0.15, -0.1) is 13.2 Å². The zero-order chi connectivity index (χ0) is 10.4. The van der Waals surface area contributed by atoms with Crippen LogP contribution in [0.15, 0.2) is 43.5 Å². The molecule has 1 aromatic rings. The van der Waals surface area contributed by atoms with Crippen molar-refractivity contribution in [2.75, 3.05) is 0 Å². The molecule has 0 aromatic heterocycles. The topological polar surface area (TPSA) is 23.8 Å². The molecule has 0 fully saturated rings. The van der Waals surface area contributed by atoms with Crippen molar-refractivity contribution in [2.45, 2.75) is 12.8 Å². The van der Waals surface area contributed by atoms with Gasteiger partial charge >= 0.3 is 0 Å². The molecule has 0 saturated heterocycles. The molecule has 0 spiro atoms. The minimum Gasteiger partial charge on any atom is -0.192 e. The summed E-state index contributed by atoms with van der Waals surface area (Å²) < 4.78 is 0. The fraction of sp³-hybridized carbons (Fsp3) is 0.154. The van der Waals surface area contributed by atoms with Gasteiger partial charge in [0, 0.05) is 0 Å². The fourth-order valence-corrected chi connectivity index (χ4v) is 1.45. The predicted octanol–water partition coefficient (Wildman–Crippen LogP) is 3.02. The fourth-order valence-electron chi connectivity index (χ4n) is 1.45. The Hall–Kier alpha value is -1.81. The van der Waals surface area contributed by atoms with E-state index in [0.717, 1.165) is 29.5 Å². The van der Waals surface area contributed by atoms with Crippen LogP contribution in [0.2, 0.25) is 0 Å². The molecule has 0 aliphatic carbocycles. The van der Waals surface area contributed by atoms with Crippen molar-refractivity contribution < 1.29 is 0 Å². The summed E-state index contributed by atoms with van der Waals surface area (Å²) in [4.78, 5) is 0. The Balaban J connectivity index is 3.18. The quantitative estimate of drug-likeness (QED) is 0.658. The first-order valence-electron chi connectivity index (χ1n) is 4.56. The van der Waals surface area contributed by atoms with E-state index in [9.17, 15) is 0 Å². The van der Waals surface area contributed by atoms with Gasteiger partial charge in [0.25, 0.3) is 0 Å². The molecule has 0 saturated carbocycles. The molecule has 0 aliphatic rings. The summed E-state index contributed by atoms with van der Waals surface area (Å²) >= 11 is 0. The number of hydrogen-bond donors (Lipinski definition) is 0. The maximum Gasteiger partial charge on any atom is 0.0997 e.